The molecule has 0 radical (unpaired) electrons. The van der Waals surface area contributed by atoms with Crippen LogP contribution in [-0.4, -0.2) is 62.7 Å². The van der Waals surface area contributed by atoms with Gasteiger partial charge < -0.3 is 14.4 Å². The van der Waals surface area contributed by atoms with Crippen molar-refractivity contribution in [1.82, 2.24) is 9.96 Å². The minimum atomic E-state index is -0.510. The van der Waals surface area contributed by atoms with Gasteiger partial charge in [-0.05, 0) is 37.5 Å². The van der Waals surface area contributed by atoms with Crippen molar-refractivity contribution in [3.05, 3.63) is 23.8 Å². The van der Waals surface area contributed by atoms with Crippen LogP contribution in [0.5, 0.6) is 11.5 Å². The van der Waals surface area contributed by atoms with E-state index in [-0.39, 0.29) is 11.8 Å². The second-order valence-corrected chi connectivity index (χ2v) is 5.60. The van der Waals surface area contributed by atoms with Crippen LogP contribution in [0.15, 0.2) is 18.2 Å². The number of hydrogen-bond donors (Lipinski definition) is 0. The van der Waals surface area contributed by atoms with E-state index in [0.717, 1.165) is 12.8 Å². The molecule has 1 atom stereocenters. The predicted molar refractivity (Wildman–Crippen MR) is 88.0 cm³/mol. The number of benzene rings is 1. The predicted octanol–water partition coefficient (Wildman–Crippen LogP) is 1.72. The Hall–Kier alpha value is -2.28. The Bertz CT molecular complexity index is 605. The van der Waals surface area contributed by atoms with Gasteiger partial charge in [0.05, 0.1) is 21.3 Å². The summed E-state index contributed by atoms with van der Waals surface area (Å²) in [6, 6.07) is 4.50. The third kappa shape index (κ3) is 3.62. The van der Waals surface area contributed by atoms with Gasteiger partial charge in [-0.15, -0.1) is 0 Å². The number of likely N-dealkylation sites (tertiary alicyclic amines) is 1. The SMILES string of the molecule is COc1ccc(C(=O)N2CCCCC2C(=O)N(C)OC)cc1OC. The summed E-state index contributed by atoms with van der Waals surface area (Å²) in [6.45, 7) is 0.543. The highest BCUT2D eigenvalue weighted by atomic mass is 16.7. The number of ether oxygens (including phenoxy) is 2. The summed E-state index contributed by atoms with van der Waals surface area (Å²) in [7, 11) is 6.05. The van der Waals surface area contributed by atoms with E-state index in [1.165, 1.54) is 19.3 Å². The standard InChI is InChI=1S/C17H24N2O5/c1-18(24-4)17(21)13-7-5-6-10-19(13)16(20)12-8-9-14(22-2)15(11-12)23-3/h8-9,11,13H,5-7,10H2,1-4H3. The molecule has 1 saturated heterocycles. The highest BCUT2D eigenvalue weighted by Crippen LogP contribution is 2.29. The van der Waals surface area contributed by atoms with Gasteiger partial charge in [-0.3, -0.25) is 14.4 Å². The Morgan fingerprint density at radius 2 is 1.83 bits per heavy atom. The lowest BCUT2D eigenvalue weighted by atomic mass is 10.00. The van der Waals surface area contributed by atoms with Crippen LogP contribution in [0, 0.1) is 0 Å². The molecule has 7 heteroatoms. The molecule has 24 heavy (non-hydrogen) atoms. The average Bonchev–Trinajstić information content (AvgIpc) is 2.65. The maximum absolute atomic E-state index is 12.9. The normalized spacial score (nSPS) is 17.3. The van der Waals surface area contributed by atoms with Crippen molar-refractivity contribution < 1.29 is 23.9 Å². The molecular weight excluding hydrogens is 312 g/mol. The van der Waals surface area contributed by atoms with Crippen LogP contribution >= 0.6 is 0 Å². The molecule has 1 fully saturated rings. The first-order valence-corrected chi connectivity index (χ1v) is 7.88. The topological polar surface area (TPSA) is 68.3 Å². The van der Waals surface area contributed by atoms with Gasteiger partial charge in [0, 0.05) is 19.2 Å². The van der Waals surface area contributed by atoms with Gasteiger partial charge in [-0.2, -0.15) is 0 Å². The lowest BCUT2D eigenvalue weighted by molar-refractivity contribution is -0.174. The van der Waals surface area contributed by atoms with Gasteiger partial charge in [0.25, 0.3) is 11.8 Å². The minimum absolute atomic E-state index is 0.196. The van der Waals surface area contributed by atoms with Crippen molar-refractivity contribution in [3.63, 3.8) is 0 Å². The quantitative estimate of drug-likeness (QED) is 0.766. The molecule has 1 aromatic rings. The number of methoxy groups -OCH3 is 2. The molecule has 7 nitrogen and oxygen atoms in total. The van der Waals surface area contributed by atoms with E-state index < -0.39 is 6.04 Å². The Labute approximate surface area is 142 Å². The van der Waals surface area contributed by atoms with Gasteiger partial charge in [0.2, 0.25) is 0 Å². The summed E-state index contributed by atoms with van der Waals surface area (Å²) in [6.07, 6.45) is 2.41. The Morgan fingerprint density at radius 3 is 2.46 bits per heavy atom. The van der Waals surface area contributed by atoms with Crippen LogP contribution in [0.4, 0.5) is 0 Å². The Kier molecular flexibility index (Phi) is 6.03. The molecule has 1 unspecified atom stereocenters. The molecular formula is C17H24N2O5. The minimum Gasteiger partial charge on any atom is -0.493 e. The molecule has 1 aliphatic rings. The first-order chi connectivity index (χ1) is 11.5. The molecule has 0 aliphatic carbocycles. The molecule has 132 valence electrons. The van der Waals surface area contributed by atoms with Crippen LogP contribution in [-0.2, 0) is 9.63 Å². The van der Waals surface area contributed by atoms with Crippen molar-refractivity contribution >= 4 is 11.8 Å². The fourth-order valence-electron chi connectivity index (χ4n) is 2.87. The maximum atomic E-state index is 12.9. The lowest BCUT2D eigenvalue weighted by Crippen LogP contribution is -2.52. The molecule has 0 spiro atoms. The van der Waals surface area contributed by atoms with Gasteiger partial charge in [0.1, 0.15) is 6.04 Å². The summed E-state index contributed by atoms with van der Waals surface area (Å²) in [4.78, 5) is 32.0. The number of amides is 2. The molecule has 0 aromatic heterocycles. The summed E-state index contributed by atoms with van der Waals surface area (Å²) < 4.78 is 10.4. The second kappa shape index (κ2) is 8.01. The van der Waals surface area contributed by atoms with Gasteiger partial charge in [-0.1, -0.05) is 0 Å². The van der Waals surface area contributed by atoms with Gasteiger partial charge in [-0.25, -0.2) is 5.06 Å². The largest absolute Gasteiger partial charge is 0.493 e. The van der Waals surface area contributed by atoms with Crippen molar-refractivity contribution in [2.75, 3.05) is 34.9 Å². The van der Waals surface area contributed by atoms with E-state index in [1.54, 1.807) is 37.3 Å². The number of rotatable bonds is 5. The van der Waals surface area contributed by atoms with E-state index in [0.29, 0.717) is 30.0 Å². The fourth-order valence-corrected chi connectivity index (χ4v) is 2.87. The number of piperidine rings is 1. The zero-order valence-corrected chi connectivity index (χ0v) is 14.6. The van der Waals surface area contributed by atoms with E-state index in [2.05, 4.69) is 0 Å². The summed E-state index contributed by atoms with van der Waals surface area (Å²) >= 11 is 0. The summed E-state index contributed by atoms with van der Waals surface area (Å²) in [5.41, 5.74) is 0.465. The first kappa shape index (κ1) is 18.1. The van der Waals surface area contributed by atoms with Gasteiger partial charge >= 0.3 is 0 Å². The van der Waals surface area contributed by atoms with Crippen LogP contribution in [0.2, 0.25) is 0 Å². The smallest absolute Gasteiger partial charge is 0.268 e. The molecule has 0 N–H and O–H groups in total. The number of hydrogen-bond acceptors (Lipinski definition) is 5. The third-order valence-electron chi connectivity index (χ3n) is 4.26. The maximum Gasteiger partial charge on any atom is 0.268 e. The monoisotopic (exact) mass is 336 g/mol. The number of nitrogens with zero attached hydrogens (tertiary/aromatic N) is 2. The van der Waals surface area contributed by atoms with Crippen LogP contribution < -0.4 is 9.47 Å². The zero-order chi connectivity index (χ0) is 17.7. The molecule has 1 aromatic carbocycles. The van der Waals surface area contributed by atoms with E-state index >= 15 is 0 Å². The van der Waals surface area contributed by atoms with Crippen molar-refractivity contribution in [1.29, 1.82) is 0 Å². The van der Waals surface area contributed by atoms with E-state index in [9.17, 15) is 9.59 Å². The van der Waals surface area contributed by atoms with Crippen molar-refractivity contribution in [2.45, 2.75) is 25.3 Å². The van der Waals surface area contributed by atoms with Crippen LogP contribution in [0.25, 0.3) is 0 Å². The van der Waals surface area contributed by atoms with Crippen molar-refractivity contribution in [2.24, 2.45) is 0 Å². The molecule has 0 saturated carbocycles. The highest BCUT2D eigenvalue weighted by Gasteiger charge is 2.34. The number of carbonyl (C=O) groups excluding carboxylic acids is 2. The zero-order valence-electron chi connectivity index (χ0n) is 14.6. The summed E-state index contributed by atoms with van der Waals surface area (Å²) in [5, 5.41) is 1.17. The number of hydroxylamine groups is 2. The molecule has 2 amide bonds. The van der Waals surface area contributed by atoms with Crippen molar-refractivity contribution in [3.8, 4) is 11.5 Å². The molecule has 2 rings (SSSR count). The second-order valence-electron chi connectivity index (χ2n) is 5.60. The average molecular weight is 336 g/mol. The molecule has 1 aliphatic heterocycles. The summed E-state index contributed by atoms with van der Waals surface area (Å²) in [5.74, 6) is 0.626. The first-order valence-electron chi connectivity index (χ1n) is 7.88. The lowest BCUT2D eigenvalue weighted by Gasteiger charge is -2.36. The number of carbonyl (C=O) groups is 2. The molecule has 0 bridgehead atoms. The van der Waals surface area contributed by atoms with E-state index in [4.69, 9.17) is 14.3 Å². The number of likely N-dealkylation sites (N-methyl/N-ethyl adjacent to an activating group) is 1. The van der Waals surface area contributed by atoms with Gasteiger partial charge in [0.15, 0.2) is 11.5 Å². The van der Waals surface area contributed by atoms with E-state index in [1.807, 2.05) is 0 Å². The van der Waals surface area contributed by atoms with Crippen LogP contribution in [0.3, 0.4) is 0 Å². The Morgan fingerprint density at radius 1 is 1.12 bits per heavy atom. The highest BCUT2D eigenvalue weighted by molar-refractivity contribution is 5.98. The fraction of sp³-hybridized carbons (Fsp3) is 0.529. The third-order valence-corrected chi connectivity index (χ3v) is 4.26. The van der Waals surface area contributed by atoms with Crippen LogP contribution in [0.1, 0.15) is 29.6 Å². The molecule has 1 heterocycles. The Balaban J connectivity index is 2.27.